The lowest BCUT2D eigenvalue weighted by atomic mass is 9.95. The van der Waals surface area contributed by atoms with Crippen molar-refractivity contribution in [1.82, 2.24) is 0 Å². The first-order valence-electron chi connectivity index (χ1n) is 6.25. The minimum absolute atomic E-state index is 0.107. The molecule has 0 spiro atoms. The van der Waals surface area contributed by atoms with Gasteiger partial charge in [-0.25, -0.2) is 0 Å². The number of hydrogen-bond acceptors (Lipinski definition) is 3. The summed E-state index contributed by atoms with van der Waals surface area (Å²) in [4.78, 5) is 0. The molecule has 0 heterocycles. The predicted octanol–water partition coefficient (Wildman–Crippen LogP) is 3.33. The highest BCUT2D eigenvalue weighted by Crippen LogP contribution is 2.22. The molecule has 0 saturated heterocycles. The average molecular weight is 230 g/mol. The zero-order valence-corrected chi connectivity index (χ0v) is 9.98. The number of nitriles is 1. The van der Waals surface area contributed by atoms with E-state index in [0.717, 1.165) is 11.4 Å². The van der Waals surface area contributed by atoms with Crippen LogP contribution in [0.25, 0.3) is 0 Å². The van der Waals surface area contributed by atoms with E-state index in [0.29, 0.717) is 6.04 Å². The minimum atomic E-state index is 0.107. The quantitative estimate of drug-likeness (QED) is 0.862. The Morgan fingerprint density at radius 2 is 1.88 bits per heavy atom. The maximum absolute atomic E-state index is 8.41. The fourth-order valence-electron chi connectivity index (χ4n) is 2.25. The average Bonchev–Trinajstić information content (AvgIpc) is 2.39. The van der Waals surface area contributed by atoms with E-state index in [1.807, 2.05) is 30.3 Å². The van der Waals surface area contributed by atoms with E-state index in [1.165, 1.54) is 32.1 Å². The van der Waals surface area contributed by atoms with E-state index in [2.05, 4.69) is 5.32 Å². The molecule has 17 heavy (non-hydrogen) atoms. The molecule has 0 amide bonds. The molecular formula is C14H18N2O. The summed E-state index contributed by atoms with van der Waals surface area (Å²) in [5.74, 6) is 0.751. The first-order chi connectivity index (χ1) is 8.38. The summed E-state index contributed by atoms with van der Waals surface area (Å²) in [6, 6.07) is 10.4. The number of benzene rings is 1. The first-order valence-corrected chi connectivity index (χ1v) is 6.25. The van der Waals surface area contributed by atoms with Gasteiger partial charge in [0.15, 0.2) is 6.61 Å². The number of anilines is 1. The molecule has 90 valence electrons. The van der Waals surface area contributed by atoms with Crippen molar-refractivity contribution in [3.8, 4) is 11.8 Å². The molecule has 3 nitrogen and oxygen atoms in total. The maximum Gasteiger partial charge on any atom is 0.174 e. The molecule has 3 heteroatoms. The molecule has 2 rings (SSSR count). The van der Waals surface area contributed by atoms with Crippen molar-refractivity contribution in [3.05, 3.63) is 24.3 Å². The summed E-state index contributed by atoms with van der Waals surface area (Å²) in [5.41, 5.74) is 1.14. The Balaban J connectivity index is 1.86. The van der Waals surface area contributed by atoms with Crippen LogP contribution in [-0.4, -0.2) is 12.6 Å². The fourth-order valence-corrected chi connectivity index (χ4v) is 2.25. The molecule has 0 radical (unpaired) electrons. The normalized spacial score (nSPS) is 16.2. The van der Waals surface area contributed by atoms with Crippen molar-refractivity contribution in [2.24, 2.45) is 0 Å². The predicted molar refractivity (Wildman–Crippen MR) is 68.0 cm³/mol. The van der Waals surface area contributed by atoms with Gasteiger partial charge < -0.3 is 10.1 Å². The molecule has 1 N–H and O–H groups in total. The SMILES string of the molecule is N#CCOc1ccc(NC2CCCCC2)cc1. The molecule has 0 unspecified atom stereocenters. The van der Waals surface area contributed by atoms with E-state index >= 15 is 0 Å². The van der Waals surface area contributed by atoms with E-state index in [9.17, 15) is 0 Å². The third-order valence-electron chi connectivity index (χ3n) is 3.13. The van der Waals surface area contributed by atoms with Crippen LogP contribution in [0.4, 0.5) is 5.69 Å². The third kappa shape index (κ3) is 3.67. The highest BCUT2D eigenvalue weighted by molar-refractivity contribution is 5.47. The van der Waals surface area contributed by atoms with Crippen LogP contribution in [0.15, 0.2) is 24.3 Å². The van der Waals surface area contributed by atoms with Crippen molar-refractivity contribution in [1.29, 1.82) is 5.26 Å². The lowest BCUT2D eigenvalue weighted by Crippen LogP contribution is -2.22. The van der Waals surface area contributed by atoms with E-state index in [1.54, 1.807) is 0 Å². The van der Waals surface area contributed by atoms with Crippen LogP contribution in [0, 0.1) is 11.3 Å². The number of hydrogen-bond donors (Lipinski definition) is 1. The van der Waals surface area contributed by atoms with Crippen molar-refractivity contribution in [2.75, 3.05) is 11.9 Å². The zero-order chi connectivity index (χ0) is 11.9. The van der Waals surface area contributed by atoms with Gasteiger partial charge in [0.1, 0.15) is 11.8 Å². The molecule has 0 aliphatic heterocycles. The van der Waals surface area contributed by atoms with Crippen LogP contribution < -0.4 is 10.1 Å². The van der Waals surface area contributed by atoms with Crippen LogP contribution >= 0.6 is 0 Å². The molecule has 1 aliphatic rings. The summed E-state index contributed by atoms with van der Waals surface area (Å²) in [6.07, 6.45) is 6.58. The maximum atomic E-state index is 8.41. The molecule has 0 bridgehead atoms. The second-order valence-corrected chi connectivity index (χ2v) is 4.45. The number of rotatable bonds is 4. The molecule has 1 aliphatic carbocycles. The van der Waals surface area contributed by atoms with Crippen molar-refractivity contribution in [3.63, 3.8) is 0 Å². The van der Waals surface area contributed by atoms with Gasteiger partial charge in [0.25, 0.3) is 0 Å². The Bertz CT molecular complexity index is 374. The Morgan fingerprint density at radius 3 is 2.53 bits per heavy atom. The number of ether oxygens (including phenoxy) is 1. The van der Waals surface area contributed by atoms with Crippen molar-refractivity contribution >= 4 is 5.69 Å². The molecule has 0 aromatic heterocycles. The molecule has 1 aromatic carbocycles. The molecule has 0 atom stereocenters. The number of nitrogens with zero attached hydrogens (tertiary/aromatic N) is 1. The Morgan fingerprint density at radius 1 is 1.18 bits per heavy atom. The minimum Gasteiger partial charge on any atom is -0.479 e. The Labute approximate surface area is 102 Å². The van der Waals surface area contributed by atoms with E-state index < -0.39 is 0 Å². The number of nitrogens with one attached hydrogen (secondary N) is 1. The van der Waals surface area contributed by atoms with Crippen molar-refractivity contribution in [2.45, 2.75) is 38.1 Å². The topological polar surface area (TPSA) is 45.0 Å². The van der Waals surface area contributed by atoms with Crippen LogP contribution in [0.2, 0.25) is 0 Å². The smallest absolute Gasteiger partial charge is 0.174 e. The van der Waals surface area contributed by atoms with Gasteiger partial charge in [0, 0.05) is 11.7 Å². The Hall–Kier alpha value is -1.69. The summed E-state index contributed by atoms with van der Waals surface area (Å²) >= 11 is 0. The van der Waals surface area contributed by atoms with Gasteiger partial charge in [-0.3, -0.25) is 0 Å². The van der Waals surface area contributed by atoms with Crippen LogP contribution in [0.5, 0.6) is 5.75 Å². The summed E-state index contributed by atoms with van der Waals surface area (Å²) < 4.78 is 5.21. The summed E-state index contributed by atoms with van der Waals surface area (Å²) in [7, 11) is 0. The second-order valence-electron chi connectivity index (χ2n) is 4.45. The summed E-state index contributed by atoms with van der Waals surface area (Å²) in [5, 5.41) is 12.0. The van der Waals surface area contributed by atoms with Gasteiger partial charge in [-0.1, -0.05) is 19.3 Å². The Kier molecular flexibility index (Phi) is 4.26. The summed E-state index contributed by atoms with van der Waals surface area (Å²) in [6.45, 7) is 0.107. The third-order valence-corrected chi connectivity index (χ3v) is 3.13. The second kappa shape index (κ2) is 6.15. The fraction of sp³-hybridized carbons (Fsp3) is 0.500. The van der Waals surface area contributed by atoms with Crippen LogP contribution in [-0.2, 0) is 0 Å². The van der Waals surface area contributed by atoms with Gasteiger partial charge in [-0.05, 0) is 37.1 Å². The van der Waals surface area contributed by atoms with Gasteiger partial charge in [0.2, 0.25) is 0 Å². The van der Waals surface area contributed by atoms with Gasteiger partial charge in [-0.15, -0.1) is 0 Å². The standard InChI is InChI=1S/C14H18N2O/c15-10-11-17-14-8-6-13(7-9-14)16-12-4-2-1-3-5-12/h6-9,12,16H,1-5,11H2. The van der Waals surface area contributed by atoms with E-state index in [-0.39, 0.29) is 6.61 Å². The highest BCUT2D eigenvalue weighted by atomic mass is 16.5. The first kappa shape index (κ1) is 11.8. The van der Waals surface area contributed by atoms with Gasteiger partial charge in [-0.2, -0.15) is 5.26 Å². The van der Waals surface area contributed by atoms with Crippen LogP contribution in [0.3, 0.4) is 0 Å². The van der Waals surface area contributed by atoms with Crippen molar-refractivity contribution < 1.29 is 4.74 Å². The molecular weight excluding hydrogens is 212 g/mol. The van der Waals surface area contributed by atoms with Gasteiger partial charge >= 0.3 is 0 Å². The monoisotopic (exact) mass is 230 g/mol. The lowest BCUT2D eigenvalue weighted by Gasteiger charge is -2.23. The van der Waals surface area contributed by atoms with Gasteiger partial charge in [0.05, 0.1) is 0 Å². The largest absolute Gasteiger partial charge is 0.479 e. The van der Waals surface area contributed by atoms with Crippen LogP contribution in [0.1, 0.15) is 32.1 Å². The lowest BCUT2D eigenvalue weighted by molar-refractivity contribution is 0.368. The highest BCUT2D eigenvalue weighted by Gasteiger charge is 2.12. The molecule has 1 aromatic rings. The zero-order valence-electron chi connectivity index (χ0n) is 9.98. The van der Waals surface area contributed by atoms with E-state index in [4.69, 9.17) is 10.00 Å². The molecule has 1 fully saturated rings. The molecule has 1 saturated carbocycles.